The van der Waals surface area contributed by atoms with Crippen LogP contribution in [0.15, 0.2) is 18.2 Å². The predicted octanol–water partition coefficient (Wildman–Crippen LogP) is 1.18. The smallest absolute Gasteiger partial charge is 0.236 e. The molecule has 1 aromatic carbocycles. The summed E-state index contributed by atoms with van der Waals surface area (Å²) in [7, 11) is 1.68. The van der Waals surface area contributed by atoms with Crippen LogP contribution in [0.25, 0.3) is 0 Å². The Morgan fingerprint density at radius 1 is 1.50 bits per heavy atom. The van der Waals surface area contributed by atoms with Gasteiger partial charge in [-0.25, -0.2) is 4.39 Å². The van der Waals surface area contributed by atoms with Crippen molar-refractivity contribution in [3.05, 3.63) is 29.6 Å². The minimum atomic E-state index is -0.373. The van der Waals surface area contributed by atoms with Crippen LogP contribution in [-0.2, 0) is 11.2 Å². The molecule has 0 heterocycles. The van der Waals surface area contributed by atoms with E-state index in [0.29, 0.717) is 19.6 Å². The summed E-state index contributed by atoms with van der Waals surface area (Å²) in [5.41, 5.74) is 6.08. The van der Waals surface area contributed by atoms with Crippen molar-refractivity contribution < 1.29 is 13.9 Å². The summed E-state index contributed by atoms with van der Waals surface area (Å²) < 4.78 is 18.7. The van der Waals surface area contributed by atoms with E-state index in [4.69, 9.17) is 10.5 Å². The second-order valence-electron chi connectivity index (χ2n) is 3.97. The molecule has 0 saturated carbocycles. The molecule has 1 amide bonds. The van der Waals surface area contributed by atoms with Crippen molar-refractivity contribution in [2.45, 2.75) is 13.3 Å². The molecule has 2 N–H and O–H groups in total. The standard InChI is InChI=1S/C13H19FN2O2/c1-3-18-12-5-4-10(8-11(12)14)6-7-16(2)13(17)9-15/h4-5,8H,3,6-7,9,15H2,1-2H3. The molecule has 0 saturated heterocycles. The third-order valence-electron chi connectivity index (χ3n) is 2.63. The fourth-order valence-electron chi connectivity index (χ4n) is 1.55. The lowest BCUT2D eigenvalue weighted by Gasteiger charge is -2.16. The highest BCUT2D eigenvalue weighted by Gasteiger charge is 2.08. The summed E-state index contributed by atoms with van der Waals surface area (Å²) in [4.78, 5) is 12.8. The van der Waals surface area contributed by atoms with Gasteiger partial charge in [-0.05, 0) is 31.0 Å². The first-order chi connectivity index (χ1) is 8.58. The van der Waals surface area contributed by atoms with Gasteiger partial charge >= 0.3 is 0 Å². The SMILES string of the molecule is CCOc1ccc(CCN(C)C(=O)CN)cc1F. The number of carbonyl (C=O) groups is 1. The zero-order valence-corrected chi connectivity index (χ0v) is 10.8. The molecule has 0 aliphatic carbocycles. The molecule has 4 nitrogen and oxygen atoms in total. The topological polar surface area (TPSA) is 55.6 Å². The average molecular weight is 254 g/mol. The van der Waals surface area contributed by atoms with E-state index < -0.39 is 0 Å². The third kappa shape index (κ3) is 4.00. The number of likely N-dealkylation sites (N-methyl/N-ethyl adjacent to an activating group) is 1. The van der Waals surface area contributed by atoms with E-state index in [1.54, 1.807) is 26.1 Å². The molecule has 0 aromatic heterocycles. The monoisotopic (exact) mass is 254 g/mol. The maximum Gasteiger partial charge on any atom is 0.236 e. The summed E-state index contributed by atoms with van der Waals surface area (Å²) in [5.74, 6) is -0.240. The molecule has 1 aromatic rings. The van der Waals surface area contributed by atoms with Crippen molar-refractivity contribution in [1.82, 2.24) is 4.90 Å². The summed E-state index contributed by atoms with van der Waals surface area (Å²) >= 11 is 0. The van der Waals surface area contributed by atoms with Crippen LogP contribution in [0.5, 0.6) is 5.75 Å². The lowest BCUT2D eigenvalue weighted by molar-refractivity contribution is -0.128. The molecular formula is C13H19FN2O2. The Labute approximate surface area is 107 Å². The van der Waals surface area contributed by atoms with Crippen molar-refractivity contribution in [2.75, 3.05) is 26.7 Å². The van der Waals surface area contributed by atoms with Gasteiger partial charge in [0.2, 0.25) is 5.91 Å². The highest BCUT2D eigenvalue weighted by atomic mass is 19.1. The number of hydrogen-bond acceptors (Lipinski definition) is 3. The number of rotatable bonds is 6. The molecule has 0 fully saturated rings. The molecule has 0 unspecified atom stereocenters. The third-order valence-corrected chi connectivity index (χ3v) is 2.63. The first-order valence-corrected chi connectivity index (χ1v) is 5.93. The summed E-state index contributed by atoms with van der Waals surface area (Å²) in [6.45, 7) is 2.75. The molecular weight excluding hydrogens is 235 g/mol. The molecule has 1 rings (SSSR count). The van der Waals surface area contributed by atoms with Gasteiger partial charge in [-0.3, -0.25) is 4.79 Å². The van der Waals surface area contributed by atoms with Crippen molar-refractivity contribution in [3.63, 3.8) is 0 Å². The number of nitrogens with two attached hydrogens (primary N) is 1. The number of ether oxygens (including phenoxy) is 1. The quantitative estimate of drug-likeness (QED) is 0.829. The lowest BCUT2D eigenvalue weighted by Crippen LogP contribution is -2.34. The van der Waals surface area contributed by atoms with Gasteiger partial charge in [0, 0.05) is 13.6 Å². The number of amides is 1. The van der Waals surface area contributed by atoms with E-state index in [0.717, 1.165) is 5.56 Å². The molecule has 5 heteroatoms. The van der Waals surface area contributed by atoms with E-state index in [-0.39, 0.29) is 24.0 Å². The maximum atomic E-state index is 13.6. The first kappa shape index (κ1) is 14.4. The zero-order valence-electron chi connectivity index (χ0n) is 10.8. The van der Waals surface area contributed by atoms with Gasteiger partial charge in [-0.2, -0.15) is 0 Å². The molecule has 0 spiro atoms. The fourth-order valence-corrected chi connectivity index (χ4v) is 1.55. The average Bonchev–Trinajstić information content (AvgIpc) is 2.38. The van der Waals surface area contributed by atoms with Crippen LogP contribution < -0.4 is 10.5 Å². The Balaban J connectivity index is 2.58. The van der Waals surface area contributed by atoms with Gasteiger partial charge in [0.05, 0.1) is 13.2 Å². The number of hydrogen-bond donors (Lipinski definition) is 1. The molecule has 0 aliphatic rings. The minimum Gasteiger partial charge on any atom is -0.491 e. The van der Waals surface area contributed by atoms with Gasteiger partial charge in [0.15, 0.2) is 11.6 Å². The van der Waals surface area contributed by atoms with Gasteiger partial charge in [-0.15, -0.1) is 0 Å². The van der Waals surface area contributed by atoms with Crippen LogP contribution >= 0.6 is 0 Å². The zero-order chi connectivity index (χ0) is 13.5. The summed E-state index contributed by atoms with van der Waals surface area (Å²) in [5, 5.41) is 0. The molecule has 0 radical (unpaired) electrons. The Bertz CT molecular complexity index is 410. The van der Waals surface area contributed by atoms with E-state index in [1.165, 1.54) is 11.0 Å². The fraction of sp³-hybridized carbons (Fsp3) is 0.462. The normalized spacial score (nSPS) is 10.2. The van der Waals surface area contributed by atoms with E-state index in [2.05, 4.69) is 0 Å². The highest BCUT2D eigenvalue weighted by molar-refractivity contribution is 5.77. The van der Waals surface area contributed by atoms with Crippen LogP contribution in [0.1, 0.15) is 12.5 Å². The maximum absolute atomic E-state index is 13.6. The number of benzene rings is 1. The molecule has 18 heavy (non-hydrogen) atoms. The lowest BCUT2D eigenvalue weighted by atomic mass is 10.1. The van der Waals surface area contributed by atoms with Crippen molar-refractivity contribution >= 4 is 5.91 Å². The van der Waals surface area contributed by atoms with Crippen LogP contribution in [-0.4, -0.2) is 37.6 Å². The molecule has 0 atom stereocenters. The van der Waals surface area contributed by atoms with Crippen LogP contribution in [0.2, 0.25) is 0 Å². The minimum absolute atomic E-state index is 0.00581. The predicted molar refractivity (Wildman–Crippen MR) is 68.0 cm³/mol. The van der Waals surface area contributed by atoms with Crippen LogP contribution in [0, 0.1) is 5.82 Å². The second kappa shape index (κ2) is 6.96. The van der Waals surface area contributed by atoms with Gasteiger partial charge in [0.1, 0.15) is 0 Å². The number of carbonyl (C=O) groups excluding carboxylic acids is 1. The van der Waals surface area contributed by atoms with E-state index in [9.17, 15) is 9.18 Å². The summed E-state index contributed by atoms with van der Waals surface area (Å²) in [6, 6.07) is 4.85. The second-order valence-corrected chi connectivity index (χ2v) is 3.97. The highest BCUT2D eigenvalue weighted by Crippen LogP contribution is 2.18. The van der Waals surface area contributed by atoms with E-state index >= 15 is 0 Å². The Morgan fingerprint density at radius 2 is 2.22 bits per heavy atom. The first-order valence-electron chi connectivity index (χ1n) is 5.93. The Kier molecular flexibility index (Phi) is 5.58. The molecule has 0 bridgehead atoms. The Morgan fingerprint density at radius 3 is 2.78 bits per heavy atom. The van der Waals surface area contributed by atoms with Crippen molar-refractivity contribution in [3.8, 4) is 5.75 Å². The van der Waals surface area contributed by atoms with E-state index in [1.807, 2.05) is 0 Å². The number of nitrogens with zero attached hydrogens (tertiary/aromatic N) is 1. The largest absolute Gasteiger partial charge is 0.491 e. The van der Waals surface area contributed by atoms with Gasteiger partial charge in [0.25, 0.3) is 0 Å². The van der Waals surface area contributed by atoms with Gasteiger partial charge in [-0.1, -0.05) is 6.07 Å². The van der Waals surface area contributed by atoms with Crippen LogP contribution in [0.4, 0.5) is 4.39 Å². The molecule has 0 aliphatic heterocycles. The summed E-state index contributed by atoms with van der Waals surface area (Å²) in [6.07, 6.45) is 0.589. The van der Waals surface area contributed by atoms with Gasteiger partial charge < -0.3 is 15.4 Å². The Hall–Kier alpha value is -1.62. The number of halogens is 1. The van der Waals surface area contributed by atoms with Crippen molar-refractivity contribution in [1.29, 1.82) is 0 Å². The van der Waals surface area contributed by atoms with Crippen LogP contribution in [0.3, 0.4) is 0 Å². The molecule has 100 valence electrons. The van der Waals surface area contributed by atoms with Crippen molar-refractivity contribution in [2.24, 2.45) is 5.73 Å².